The molecule has 0 radical (unpaired) electrons. The molecule has 1 rings (SSSR count). The van der Waals surface area contributed by atoms with Crippen molar-refractivity contribution in [3.8, 4) is 0 Å². The van der Waals surface area contributed by atoms with Crippen LogP contribution in [0.2, 0.25) is 0 Å². The number of allylic oxidation sites excluding steroid dienone is 2. The van der Waals surface area contributed by atoms with Crippen LogP contribution in [0, 0.1) is 0 Å². The molecule has 0 aliphatic rings. The van der Waals surface area contributed by atoms with Gasteiger partial charge in [0.15, 0.2) is 0 Å². The van der Waals surface area contributed by atoms with E-state index in [1.165, 1.54) is 0 Å². The minimum absolute atomic E-state index is 0.803. The third-order valence-electron chi connectivity index (χ3n) is 1.83. The van der Waals surface area contributed by atoms with E-state index in [1.54, 1.807) is 6.20 Å². The second-order valence-electron chi connectivity index (χ2n) is 3.08. The Morgan fingerprint density at radius 2 is 2.40 bits per heavy atom. The average Bonchev–Trinajstić information content (AvgIpc) is 2.29. The van der Waals surface area contributed by atoms with Crippen molar-refractivity contribution in [2.75, 3.05) is 13.1 Å². The Labute approximate surface area is 91.0 Å². The Kier molecular flexibility index (Phi) is 6.09. The van der Waals surface area contributed by atoms with Crippen LogP contribution in [0.5, 0.6) is 0 Å². The third kappa shape index (κ3) is 5.75. The van der Waals surface area contributed by atoms with Gasteiger partial charge in [-0.15, -0.1) is 0 Å². The quantitative estimate of drug-likeness (QED) is 0.565. The fraction of sp³-hybridized carbons (Fsp3) is 0.333. The van der Waals surface area contributed by atoms with Crippen LogP contribution in [0.4, 0.5) is 0 Å². The lowest BCUT2D eigenvalue weighted by Crippen LogP contribution is -2.17. The molecule has 0 bridgehead atoms. The van der Waals surface area contributed by atoms with E-state index in [9.17, 15) is 0 Å². The van der Waals surface area contributed by atoms with Crippen LogP contribution >= 0.6 is 0 Å². The molecule has 0 saturated heterocycles. The summed E-state index contributed by atoms with van der Waals surface area (Å²) in [5, 5.41) is 3.28. The zero-order valence-electron chi connectivity index (χ0n) is 9.06. The van der Waals surface area contributed by atoms with E-state index in [2.05, 4.69) is 15.3 Å². The number of aliphatic imine (C=N–C) groups is 1. The van der Waals surface area contributed by atoms with E-state index >= 15 is 0 Å². The maximum Gasteiger partial charge on any atom is 0.0541 e. The normalized spacial score (nSPS) is 11.5. The highest BCUT2D eigenvalue weighted by molar-refractivity contribution is 5.70. The van der Waals surface area contributed by atoms with E-state index < -0.39 is 0 Å². The Balaban J connectivity index is 2.07. The summed E-state index contributed by atoms with van der Waals surface area (Å²) in [4.78, 5) is 8.41. The number of aromatic nitrogens is 1. The Morgan fingerprint density at radius 1 is 1.47 bits per heavy atom. The lowest BCUT2D eigenvalue weighted by molar-refractivity contribution is 0.684. The highest BCUT2D eigenvalue weighted by atomic mass is 14.9. The molecule has 0 aliphatic heterocycles. The summed E-state index contributed by atoms with van der Waals surface area (Å²) in [5.41, 5.74) is 1.06. The molecule has 15 heavy (non-hydrogen) atoms. The van der Waals surface area contributed by atoms with Crippen molar-refractivity contribution in [1.29, 1.82) is 0 Å². The molecule has 0 aliphatic carbocycles. The van der Waals surface area contributed by atoms with Crippen molar-refractivity contribution in [2.45, 2.75) is 13.5 Å². The van der Waals surface area contributed by atoms with Crippen LogP contribution in [0.1, 0.15) is 12.6 Å². The van der Waals surface area contributed by atoms with Crippen molar-refractivity contribution in [1.82, 2.24) is 10.3 Å². The van der Waals surface area contributed by atoms with Crippen molar-refractivity contribution in [2.24, 2.45) is 4.99 Å². The predicted octanol–water partition coefficient (Wildman–Crippen LogP) is 1.82. The summed E-state index contributed by atoms with van der Waals surface area (Å²) in [7, 11) is 0. The first-order chi connectivity index (χ1) is 7.43. The van der Waals surface area contributed by atoms with Gasteiger partial charge in [-0.3, -0.25) is 9.98 Å². The van der Waals surface area contributed by atoms with Gasteiger partial charge >= 0.3 is 0 Å². The molecule has 0 aromatic carbocycles. The third-order valence-corrected chi connectivity index (χ3v) is 1.83. The fourth-order valence-electron chi connectivity index (χ4n) is 1.08. The Morgan fingerprint density at radius 3 is 3.13 bits per heavy atom. The summed E-state index contributed by atoms with van der Waals surface area (Å²) in [6.07, 6.45) is 7.52. The molecular formula is C12H17N3. The summed E-state index contributed by atoms with van der Waals surface area (Å²) in [6, 6.07) is 5.93. The van der Waals surface area contributed by atoms with E-state index in [0.717, 1.165) is 25.3 Å². The van der Waals surface area contributed by atoms with Gasteiger partial charge in [0.2, 0.25) is 0 Å². The number of pyridine rings is 1. The van der Waals surface area contributed by atoms with Crippen LogP contribution in [0.15, 0.2) is 41.5 Å². The molecule has 0 atom stereocenters. The topological polar surface area (TPSA) is 37.3 Å². The van der Waals surface area contributed by atoms with Crippen LogP contribution in [0.25, 0.3) is 0 Å². The van der Waals surface area contributed by atoms with E-state index in [4.69, 9.17) is 0 Å². The van der Waals surface area contributed by atoms with Gasteiger partial charge in [0.1, 0.15) is 0 Å². The lowest BCUT2D eigenvalue weighted by Gasteiger charge is -2.00. The second-order valence-corrected chi connectivity index (χ2v) is 3.08. The van der Waals surface area contributed by atoms with E-state index in [1.807, 2.05) is 43.5 Å². The minimum atomic E-state index is 0.803. The largest absolute Gasteiger partial charge is 0.309 e. The molecule has 1 N–H and O–H groups in total. The Hall–Kier alpha value is -1.48. The Bertz CT molecular complexity index is 304. The molecule has 0 unspecified atom stereocenters. The first kappa shape index (κ1) is 11.6. The van der Waals surface area contributed by atoms with Crippen molar-refractivity contribution in [3.63, 3.8) is 0 Å². The van der Waals surface area contributed by atoms with Gasteiger partial charge in [-0.05, 0) is 25.1 Å². The lowest BCUT2D eigenvalue weighted by atomic mass is 10.3. The first-order valence-electron chi connectivity index (χ1n) is 5.15. The minimum Gasteiger partial charge on any atom is -0.309 e. The van der Waals surface area contributed by atoms with Gasteiger partial charge < -0.3 is 5.32 Å². The average molecular weight is 203 g/mol. The molecule has 3 heteroatoms. The predicted molar refractivity (Wildman–Crippen MR) is 64.1 cm³/mol. The molecule has 0 spiro atoms. The van der Waals surface area contributed by atoms with Crippen molar-refractivity contribution in [3.05, 3.63) is 42.2 Å². The number of nitrogens with zero attached hydrogens (tertiary/aromatic N) is 2. The van der Waals surface area contributed by atoms with Crippen molar-refractivity contribution < 1.29 is 0 Å². The van der Waals surface area contributed by atoms with E-state index in [0.29, 0.717) is 0 Å². The van der Waals surface area contributed by atoms with Crippen LogP contribution < -0.4 is 5.32 Å². The maximum absolute atomic E-state index is 4.21. The number of rotatable bonds is 6. The molecule has 1 aromatic rings. The van der Waals surface area contributed by atoms with Crippen molar-refractivity contribution >= 4 is 6.21 Å². The number of hydrogen-bond donors (Lipinski definition) is 1. The summed E-state index contributed by atoms with van der Waals surface area (Å²) in [6.45, 7) is 4.47. The van der Waals surface area contributed by atoms with Gasteiger partial charge in [0.05, 0.1) is 12.2 Å². The highest BCUT2D eigenvalue weighted by Gasteiger charge is 1.90. The zero-order chi connectivity index (χ0) is 10.8. The van der Waals surface area contributed by atoms with Gasteiger partial charge in [-0.2, -0.15) is 0 Å². The number of hydrogen-bond acceptors (Lipinski definition) is 3. The fourth-order valence-corrected chi connectivity index (χ4v) is 1.08. The summed E-state index contributed by atoms with van der Waals surface area (Å²) in [5.74, 6) is 0. The van der Waals surface area contributed by atoms with Gasteiger partial charge in [-0.25, -0.2) is 0 Å². The first-order valence-corrected chi connectivity index (χ1v) is 5.15. The molecule has 1 heterocycles. The zero-order valence-corrected chi connectivity index (χ0v) is 9.06. The van der Waals surface area contributed by atoms with Crippen LogP contribution in [-0.2, 0) is 6.54 Å². The highest BCUT2D eigenvalue weighted by Crippen LogP contribution is 1.91. The van der Waals surface area contributed by atoms with Crippen LogP contribution in [0.3, 0.4) is 0 Å². The molecule has 80 valence electrons. The van der Waals surface area contributed by atoms with Crippen LogP contribution in [-0.4, -0.2) is 24.3 Å². The summed E-state index contributed by atoms with van der Waals surface area (Å²) >= 11 is 0. The molecule has 0 fully saturated rings. The standard InChI is InChI=1S/C12H17N3/c1-2-3-7-13-9-10-14-11-12-6-4-5-8-15-12/h2-8,14H,9-11H2,1H3/b3-2-,13-7?. The monoisotopic (exact) mass is 203 g/mol. The van der Waals surface area contributed by atoms with Gasteiger partial charge in [0.25, 0.3) is 0 Å². The molecular weight excluding hydrogens is 186 g/mol. The number of nitrogens with one attached hydrogen (secondary N) is 1. The second kappa shape index (κ2) is 7.88. The molecule has 0 amide bonds. The van der Waals surface area contributed by atoms with E-state index in [-0.39, 0.29) is 0 Å². The molecule has 0 saturated carbocycles. The smallest absolute Gasteiger partial charge is 0.0541 e. The van der Waals surface area contributed by atoms with Gasteiger partial charge in [-0.1, -0.05) is 12.1 Å². The molecule has 1 aromatic heterocycles. The summed E-state index contributed by atoms with van der Waals surface area (Å²) < 4.78 is 0. The molecule has 3 nitrogen and oxygen atoms in total. The maximum atomic E-state index is 4.21. The van der Waals surface area contributed by atoms with Gasteiger partial charge in [0, 0.05) is 25.5 Å². The SMILES string of the molecule is C/C=C\C=NCCNCc1ccccn1.